The van der Waals surface area contributed by atoms with Gasteiger partial charge in [0.25, 0.3) is 0 Å². The van der Waals surface area contributed by atoms with Gasteiger partial charge in [-0.25, -0.2) is 0 Å². The number of nitrogens with one attached hydrogen (secondary N) is 3. The molecule has 0 aliphatic carbocycles. The average Bonchev–Trinajstić information content (AvgIpc) is 3.28. The molecule has 178 valence electrons. The number of ether oxygens (including phenoxy) is 1. The number of benzene rings is 2. The summed E-state index contributed by atoms with van der Waals surface area (Å²) < 4.78 is 69.9. The zero-order valence-corrected chi connectivity index (χ0v) is 18.8. The monoisotopic (exact) mass is 485 g/mol. The van der Waals surface area contributed by atoms with Crippen LogP contribution in [-0.4, -0.2) is 26.9 Å². The highest BCUT2D eigenvalue weighted by Gasteiger charge is 2.49. The zero-order chi connectivity index (χ0) is 24.2. The van der Waals surface area contributed by atoms with E-state index >= 15 is 0 Å². The van der Waals surface area contributed by atoms with Crippen LogP contribution < -0.4 is 24.9 Å². The Hall–Kier alpha value is -3.15. The summed E-state index contributed by atoms with van der Waals surface area (Å²) in [5, 5.41) is 9.46. The minimum absolute atomic E-state index is 0.0335. The van der Waals surface area contributed by atoms with Gasteiger partial charge in [0, 0.05) is 17.3 Å². The van der Waals surface area contributed by atoms with E-state index in [-0.39, 0.29) is 11.7 Å². The van der Waals surface area contributed by atoms with Crippen molar-refractivity contribution in [3.05, 3.63) is 41.5 Å². The van der Waals surface area contributed by atoms with Crippen molar-refractivity contribution in [3.63, 3.8) is 0 Å². The number of carbonyl (C=O) groups is 1. The number of methoxy groups -OCH3 is 1. The fourth-order valence-corrected chi connectivity index (χ4v) is 4.76. The molecule has 2 aromatic rings. The number of rotatable bonds is 6. The lowest BCUT2D eigenvalue weighted by Gasteiger charge is -2.24. The van der Waals surface area contributed by atoms with Crippen molar-refractivity contribution >= 4 is 33.1 Å². The Bertz CT molecular complexity index is 1230. The topological polar surface area (TPSA) is 106 Å². The van der Waals surface area contributed by atoms with E-state index in [1.807, 2.05) is 26.0 Å². The molecule has 2 aliphatic rings. The zero-order valence-electron chi connectivity index (χ0n) is 18.0. The van der Waals surface area contributed by atoms with Gasteiger partial charge in [-0.2, -0.15) is 21.6 Å². The number of halogens is 3. The van der Waals surface area contributed by atoms with Crippen LogP contribution in [0.5, 0.6) is 11.5 Å². The van der Waals surface area contributed by atoms with Gasteiger partial charge in [-0.3, -0.25) is 4.79 Å². The molecule has 0 radical (unpaired) electrons. The second-order valence-corrected chi connectivity index (χ2v) is 9.33. The second kappa shape index (κ2) is 7.72. The average molecular weight is 485 g/mol. The lowest BCUT2D eigenvalue weighted by molar-refractivity contribution is -0.121. The molecule has 0 fully saturated rings. The summed E-state index contributed by atoms with van der Waals surface area (Å²) in [5.74, 6) is -0.436. The first kappa shape index (κ1) is 23.0. The molecule has 0 spiro atoms. The summed E-state index contributed by atoms with van der Waals surface area (Å²) in [5.41, 5.74) is -2.52. The molecule has 8 nitrogen and oxygen atoms in total. The lowest BCUT2D eigenvalue weighted by atomic mass is 9.77. The number of carbonyl (C=O) groups excluding carboxylic acids is 1. The number of alkyl halides is 3. The minimum Gasteiger partial charge on any atom is -0.496 e. The Balaban J connectivity index is 1.63. The van der Waals surface area contributed by atoms with E-state index in [1.165, 1.54) is 13.2 Å². The molecule has 12 heteroatoms. The van der Waals surface area contributed by atoms with Gasteiger partial charge < -0.3 is 24.9 Å². The van der Waals surface area contributed by atoms with Crippen LogP contribution in [0.3, 0.4) is 0 Å². The van der Waals surface area contributed by atoms with Crippen molar-refractivity contribution in [1.29, 1.82) is 0 Å². The molecule has 33 heavy (non-hydrogen) atoms. The first-order valence-corrected chi connectivity index (χ1v) is 11.6. The Kier molecular flexibility index (Phi) is 5.38. The van der Waals surface area contributed by atoms with Crippen molar-refractivity contribution in [1.82, 2.24) is 0 Å². The molecule has 4 rings (SSSR count). The van der Waals surface area contributed by atoms with Crippen LogP contribution in [0.15, 0.2) is 30.3 Å². The molecule has 0 saturated carbocycles. The second-order valence-electron chi connectivity index (χ2n) is 7.80. The third kappa shape index (κ3) is 3.62. The quantitative estimate of drug-likeness (QED) is 0.410. The van der Waals surface area contributed by atoms with Gasteiger partial charge in [-0.1, -0.05) is 13.8 Å². The summed E-state index contributed by atoms with van der Waals surface area (Å²) >= 11 is 0. The molecule has 0 bridgehead atoms. The molecule has 0 saturated heterocycles. The van der Waals surface area contributed by atoms with Crippen molar-refractivity contribution in [2.45, 2.75) is 43.8 Å². The highest BCUT2D eigenvalue weighted by molar-refractivity contribution is 7.88. The third-order valence-corrected chi connectivity index (χ3v) is 7.15. The summed E-state index contributed by atoms with van der Waals surface area (Å²) in [6, 6.07) is 7.36. The van der Waals surface area contributed by atoms with Crippen LogP contribution in [-0.2, 0) is 20.3 Å². The van der Waals surface area contributed by atoms with E-state index < -0.39 is 33.0 Å². The fourth-order valence-electron chi connectivity index (χ4n) is 4.31. The largest absolute Gasteiger partial charge is 0.534 e. The smallest absolute Gasteiger partial charge is 0.496 e. The van der Waals surface area contributed by atoms with Crippen LogP contribution >= 0.6 is 0 Å². The van der Waals surface area contributed by atoms with E-state index in [0.717, 1.165) is 34.8 Å². The third-order valence-electron chi connectivity index (χ3n) is 6.17. The molecule has 1 unspecified atom stereocenters. The Morgan fingerprint density at radius 3 is 2.24 bits per heavy atom. The molecule has 0 aromatic heterocycles. The predicted octanol–water partition coefficient (Wildman–Crippen LogP) is 4.47. The van der Waals surface area contributed by atoms with Crippen molar-refractivity contribution in [3.8, 4) is 11.5 Å². The number of amides is 1. The summed E-state index contributed by atoms with van der Waals surface area (Å²) in [4.78, 5) is 12.6. The van der Waals surface area contributed by atoms with Crippen molar-refractivity contribution < 1.29 is 35.3 Å². The maximum absolute atomic E-state index is 12.6. The molecule has 3 N–H and O–H groups in total. The summed E-state index contributed by atoms with van der Waals surface area (Å²) in [6.45, 7) is 3.93. The van der Waals surface area contributed by atoms with Gasteiger partial charge >= 0.3 is 15.6 Å². The van der Waals surface area contributed by atoms with Crippen LogP contribution in [0.2, 0.25) is 0 Å². The Morgan fingerprint density at radius 1 is 1.03 bits per heavy atom. The predicted molar refractivity (Wildman–Crippen MR) is 116 cm³/mol. The van der Waals surface area contributed by atoms with Crippen molar-refractivity contribution in [2.24, 2.45) is 0 Å². The van der Waals surface area contributed by atoms with Crippen LogP contribution in [0.1, 0.15) is 44.0 Å². The van der Waals surface area contributed by atoms with E-state index in [0.29, 0.717) is 18.4 Å². The number of hydrogen-bond acceptors (Lipinski definition) is 7. The standard InChI is InChI=1S/C21H22F3N3O5S/c1-4-20(5-2)13-9-15-16(10-14(13)27-19(20)28)26-18(25-15)12-7-6-11(8-17(12)31-3)32-33(29,30)21(22,23)24/h6-10,18,25-26H,4-5H2,1-3H3,(H,27,28). The Morgan fingerprint density at radius 2 is 1.67 bits per heavy atom. The molecular weight excluding hydrogens is 463 g/mol. The minimum atomic E-state index is -5.80. The summed E-state index contributed by atoms with van der Waals surface area (Å²) in [7, 11) is -4.49. The van der Waals surface area contributed by atoms with E-state index in [2.05, 4.69) is 20.1 Å². The van der Waals surface area contributed by atoms with E-state index in [9.17, 15) is 26.4 Å². The molecule has 1 atom stereocenters. The lowest BCUT2D eigenvalue weighted by Crippen LogP contribution is -2.32. The maximum atomic E-state index is 12.6. The van der Waals surface area contributed by atoms with Crippen LogP contribution in [0, 0.1) is 0 Å². The highest BCUT2D eigenvalue weighted by atomic mass is 32.2. The number of fused-ring (bicyclic) bond motifs is 2. The van der Waals surface area contributed by atoms with E-state index in [1.54, 1.807) is 0 Å². The van der Waals surface area contributed by atoms with Gasteiger partial charge in [0.05, 0.1) is 23.9 Å². The SMILES string of the molecule is CCC1(CC)C(=O)Nc2cc3c(cc21)NC(c1ccc(OS(=O)(=O)C(F)(F)F)cc1OC)N3. The Labute approximate surface area is 188 Å². The van der Waals surface area contributed by atoms with Crippen LogP contribution in [0.25, 0.3) is 0 Å². The maximum Gasteiger partial charge on any atom is 0.534 e. The van der Waals surface area contributed by atoms with Gasteiger partial charge in [0.2, 0.25) is 5.91 Å². The van der Waals surface area contributed by atoms with Gasteiger partial charge in [-0.05, 0) is 42.7 Å². The number of anilines is 3. The first-order chi connectivity index (χ1) is 15.5. The molecular formula is C21H22F3N3O5S. The van der Waals surface area contributed by atoms with Gasteiger partial charge in [0.15, 0.2) is 0 Å². The first-order valence-electron chi connectivity index (χ1n) is 10.2. The molecule has 2 aliphatic heterocycles. The van der Waals surface area contributed by atoms with Gasteiger partial charge in [0.1, 0.15) is 17.7 Å². The molecule has 2 heterocycles. The van der Waals surface area contributed by atoms with Crippen LogP contribution in [0.4, 0.5) is 30.2 Å². The number of hydrogen-bond donors (Lipinski definition) is 3. The fraction of sp³-hybridized carbons (Fsp3) is 0.381. The summed E-state index contributed by atoms with van der Waals surface area (Å²) in [6.07, 6.45) is 0.779. The molecule has 2 aromatic carbocycles. The molecule has 1 amide bonds. The normalized spacial score (nSPS) is 18.6. The van der Waals surface area contributed by atoms with E-state index in [4.69, 9.17) is 4.74 Å². The highest BCUT2D eigenvalue weighted by Crippen LogP contribution is 2.49. The van der Waals surface area contributed by atoms with Crippen molar-refractivity contribution in [2.75, 3.05) is 23.1 Å². The van der Waals surface area contributed by atoms with Gasteiger partial charge in [-0.15, -0.1) is 0 Å².